The first-order valence-corrected chi connectivity index (χ1v) is 14.8. The van der Waals surface area contributed by atoms with Crippen LogP contribution in [0, 0.1) is 0 Å². The Bertz CT molecular complexity index is 2180. The first-order valence-electron chi connectivity index (χ1n) is 14.0. The van der Waals surface area contributed by atoms with Gasteiger partial charge < -0.3 is 9.13 Å². The van der Waals surface area contributed by atoms with Gasteiger partial charge in [-0.05, 0) is 90.9 Å². The minimum atomic E-state index is 1.10. The Hall–Kier alpha value is -4.60. The standard InChI is InChI=1S/C37H28N2S/c1-2-3-4-11-25-24-40-37-21-19-27(22-31(25)37)39-35-17-10-7-14-30(35)32-23-26(18-20-36(32)39)38-33-15-8-5-12-28(33)29-13-6-9-16-34(29)38/h2-5,7-12,14-24H,6,13H2,1H3/b3-2-,11-4-. The molecule has 4 aromatic carbocycles. The maximum Gasteiger partial charge on any atom is 0.0542 e. The van der Waals surface area contributed by atoms with Gasteiger partial charge in [0.1, 0.15) is 0 Å². The lowest BCUT2D eigenvalue weighted by atomic mass is 10.0. The molecular formula is C37H28N2S. The summed E-state index contributed by atoms with van der Waals surface area (Å²) in [6.07, 6.45) is 15.3. The molecule has 0 radical (unpaired) electrons. The third-order valence-electron chi connectivity index (χ3n) is 8.20. The van der Waals surface area contributed by atoms with Gasteiger partial charge in [-0.3, -0.25) is 0 Å². The van der Waals surface area contributed by atoms with Crippen molar-refractivity contribution in [2.45, 2.75) is 19.8 Å². The van der Waals surface area contributed by atoms with Gasteiger partial charge in [-0.25, -0.2) is 0 Å². The van der Waals surface area contributed by atoms with Crippen LogP contribution in [0.1, 0.15) is 30.2 Å². The Kier molecular flexibility index (Phi) is 5.39. The molecule has 3 heteroatoms. The van der Waals surface area contributed by atoms with E-state index in [1.54, 1.807) is 11.3 Å². The first kappa shape index (κ1) is 23.3. The van der Waals surface area contributed by atoms with Crippen molar-refractivity contribution in [2.75, 3.05) is 0 Å². The molecule has 0 saturated carbocycles. The lowest BCUT2D eigenvalue weighted by molar-refractivity contribution is 0.968. The molecule has 0 fully saturated rings. The molecule has 1 aliphatic carbocycles. The van der Waals surface area contributed by atoms with Crippen molar-refractivity contribution < 1.29 is 0 Å². The summed E-state index contributed by atoms with van der Waals surface area (Å²) in [7, 11) is 0. The molecule has 192 valence electrons. The number of thiophene rings is 1. The zero-order valence-electron chi connectivity index (χ0n) is 22.3. The summed E-state index contributed by atoms with van der Waals surface area (Å²) in [6, 6.07) is 31.5. The van der Waals surface area contributed by atoms with E-state index in [9.17, 15) is 0 Å². The van der Waals surface area contributed by atoms with Crippen molar-refractivity contribution in [1.29, 1.82) is 0 Å². The fourth-order valence-corrected chi connectivity index (χ4v) is 7.33. The largest absolute Gasteiger partial charge is 0.310 e. The van der Waals surface area contributed by atoms with Crippen LogP contribution < -0.4 is 0 Å². The number of rotatable bonds is 4. The quantitative estimate of drug-likeness (QED) is 0.200. The average molecular weight is 533 g/mol. The van der Waals surface area contributed by atoms with Gasteiger partial charge in [-0.2, -0.15) is 0 Å². The van der Waals surface area contributed by atoms with Gasteiger partial charge in [0.2, 0.25) is 0 Å². The van der Waals surface area contributed by atoms with Crippen LogP contribution in [0.25, 0.3) is 66.3 Å². The molecule has 8 rings (SSSR count). The van der Waals surface area contributed by atoms with E-state index in [-0.39, 0.29) is 0 Å². The summed E-state index contributed by atoms with van der Waals surface area (Å²) in [4.78, 5) is 0. The molecule has 7 aromatic rings. The molecule has 3 aromatic heterocycles. The second-order valence-corrected chi connectivity index (χ2v) is 11.4. The Morgan fingerprint density at radius 2 is 1.43 bits per heavy atom. The average Bonchev–Trinajstić information content (AvgIpc) is 3.67. The Morgan fingerprint density at radius 3 is 2.30 bits per heavy atom. The summed E-state index contributed by atoms with van der Waals surface area (Å²) in [5.74, 6) is 0. The van der Waals surface area contributed by atoms with Crippen LogP contribution in [0.3, 0.4) is 0 Å². The topological polar surface area (TPSA) is 9.86 Å². The van der Waals surface area contributed by atoms with Crippen LogP contribution in [-0.2, 0) is 6.42 Å². The second-order valence-electron chi connectivity index (χ2n) is 10.5. The number of hydrogen-bond acceptors (Lipinski definition) is 1. The van der Waals surface area contributed by atoms with Crippen molar-refractivity contribution >= 4 is 66.3 Å². The van der Waals surface area contributed by atoms with Gasteiger partial charge in [-0.15, -0.1) is 11.3 Å². The highest BCUT2D eigenvalue weighted by Crippen LogP contribution is 2.38. The highest BCUT2D eigenvalue weighted by Gasteiger charge is 2.20. The van der Waals surface area contributed by atoms with Gasteiger partial charge >= 0.3 is 0 Å². The van der Waals surface area contributed by atoms with Crippen molar-refractivity contribution in [3.05, 3.63) is 131 Å². The summed E-state index contributed by atoms with van der Waals surface area (Å²) >= 11 is 1.80. The molecule has 40 heavy (non-hydrogen) atoms. The summed E-state index contributed by atoms with van der Waals surface area (Å²) in [5.41, 5.74) is 10.2. The van der Waals surface area contributed by atoms with Crippen LogP contribution in [0.4, 0.5) is 0 Å². The molecule has 3 heterocycles. The number of benzene rings is 4. The smallest absolute Gasteiger partial charge is 0.0542 e. The Balaban J connectivity index is 1.37. The zero-order chi connectivity index (χ0) is 26.6. The molecule has 1 aliphatic rings. The highest BCUT2D eigenvalue weighted by atomic mass is 32.1. The Morgan fingerprint density at radius 1 is 0.700 bits per heavy atom. The number of allylic oxidation sites excluding steroid dienone is 4. The maximum atomic E-state index is 2.45. The molecule has 0 saturated heterocycles. The van der Waals surface area contributed by atoms with E-state index in [1.807, 2.05) is 6.92 Å². The molecule has 0 unspecified atom stereocenters. The second kappa shape index (κ2) is 9.25. The van der Waals surface area contributed by atoms with Crippen LogP contribution in [0.15, 0.2) is 115 Å². The van der Waals surface area contributed by atoms with Gasteiger partial charge in [0.25, 0.3) is 0 Å². The van der Waals surface area contributed by atoms with Crippen molar-refractivity contribution in [2.24, 2.45) is 0 Å². The fourth-order valence-electron chi connectivity index (χ4n) is 6.42. The number of fused-ring (bicyclic) bond motifs is 7. The number of para-hydroxylation sites is 2. The molecule has 0 aliphatic heterocycles. The van der Waals surface area contributed by atoms with E-state index in [0.717, 1.165) is 12.8 Å². The van der Waals surface area contributed by atoms with Gasteiger partial charge in [-0.1, -0.05) is 66.8 Å². The maximum absolute atomic E-state index is 2.45. The molecule has 2 nitrogen and oxygen atoms in total. The lowest BCUT2D eigenvalue weighted by Crippen LogP contribution is -2.00. The molecule has 0 atom stereocenters. The van der Waals surface area contributed by atoms with E-state index in [0.29, 0.717) is 0 Å². The van der Waals surface area contributed by atoms with Crippen molar-refractivity contribution in [3.63, 3.8) is 0 Å². The predicted molar refractivity (Wildman–Crippen MR) is 174 cm³/mol. The normalized spacial score (nSPS) is 13.6. The van der Waals surface area contributed by atoms with Crippen LogP contribution in [-0.4, -0.2) is 9.13 Å². The van der Waals surface area contributed by atoms with Gasteiger partial charge in [0.15, 0.2) is 0 Å². The van der Waals surface area contributed by atoms with Gasteiger partial charge in [0, 0.05) is 43.3 Å². The lowest BCUT2D eigenvalue weighted by Gasteiger charge is -2.13. The van der Waals surface area contributed by atoms with Crippen molar-refractivity contribution in [1.82, 2.24) is 9.13 Å². The third-order valence-corrected chi connectivity index (χ3v) is 9.18. The minimum Gasteiger partial charge on any atom is -0.310 e. The van der Waals surface area contributed by atoms with E-state index in [2.05, 4.69) is 136 Å². The molecular weight excluding hydrogens is 504 g/mol. The van der Waals surface area contributed by atoms with E-state index < -0.39 is 0 Å². The number of aromatic nitrogens is 2. The van der Waals surface area contributed by atoms with Gasteiger partial charge in [0.05, 0.1) is 16.6 Å². The van der Waals surface area contributed by atoms with Crippen molar-refractivity contribution in [3.8, 4) is 11.4 Å². The molecule has 0 N–H and O–H groups in total. The highest BCUT2D eigenvalue weighted by molar-refractivity contribution is 7.17. The Labute approximate surface area is 237 Å². The number of nitrogens with zero attached hydrogens (tertiary/aromatic N) is 2. The summed E-state index contributed by atoms with van der Waals surface area (Å²) < 4.78 is 6.19. The van der Waals surface area contributed by atoms with Crippen LogP contribution >= 0.6 is 11.3 Å². The molecule has 0 bridgehead atoms. The fraction of sp³-hybridized carbons (Fsp3) is 0.0811. The number of aryl methyl sites for hydroxylation is 1. The first-order chi connectivity index (χ1) is 19.8. The summed E-state index contributed by atoms with van der Waals surface area (Å²) in [6.45, 7) is 2.05. The number of hydrogen-bond donors (Lipinski definition) is 0. The minimum absolute atomic E-state index is 1.10. The van der Waals surface area contributed by atoms with E-state index in [1.165, 1.54) is 71.0 Å². The molecule has 0 spiro atoms. The SMILES string of the molecule is C/C=C\C=C/c1csc2ccc(-n3c4ccccc4c4cc(-n5c6c(c7ccccc75)CCC=C6)ccc43)cc12. The summed E-state index contributed by atoms with van der Waals surface area (Å²) in [5, 5.41) is 7.47. The van der Waals surface area contributed by atoms with Crippen LogP contribution in [0.5, 0.6) is 0 Å². The van der Waals surface area contributed by atoms with E-state index in [4.69, 9.17) is 0 Å². The molecule has 0 amide bonds. The monoisotopic (exact) mass is 532 g/mol. The van der Waals surface area contributed by atoms with Crippen LogP contribution in [0.2, 0.25) is 0 Å². The third kappa shape index (κ3) is 3.48. The zero-order valence-corrected chi connectivity index (χ0v) is 23.2. The predicted octanol–water partition coefficient (Wildman–Crippen LogP) is 10.5. The van der Waals surface area contributed by atoms with E-state index >= 15 is 0 Å².